The molecular weight excluding hydrogens is 112 g/mol. The van der Waals surface area contributed by atoms with E-state index in [2.05, 4.69) is 30.7 Å². The highest BCUT2D eigenvalue weighted by atomic mass is 15.5. The van der Waals surface area contributed by atoms with Gasteiger partial charge in [-0.15, -0.1) is 0 Å². The topological polar surface area (TPSA) is 15.6 Å². The fraction of sp³-hybridized carbons (Fsp3) is 0.857. The fourth-order valence-corrected chi connectivity index (χ4v) is 1.46. The third kappa shape index (κ3) is 1.07. The van der Waals surface area contributed by atoms with Crippen LogP contribution in [0.1, 0.15) is 26.7 Å². The summed E-state index contributed by atoms with van der Waals surface area (Å²) in [6.07, 6.45) is 2.53. The fourth-order valence-electron chi connectivity index (χ4n) is 1.46. The van der Waals surface area contributed by atoms with Crippen molar-refractivity contribution in [2.75, 3.05) is 0 Å². The van der Waals surface area contributed by atoms with Crippen LogP contribution in [0.2, 0.25) is 0 Å². The molecule has 0 amide bonds. The third-order valence-electron chi connectivity index (χ3n) is 2.07. The lowest BCUT2D eigenvalue weighted by Crippen LogP contribution is -2.26. The molecule has 1 aliphatic rings. The molecule has 0 bridgehead atoms. The minimum absolute atomic E-state index is 0.609. The molecular formula is C7H14N2. The standard InChI is InChI=1S/C7H14N2/c1-6-4-5-7(2)9(6)8-3/h6-7H,3-5H2,1-2H3/t6-,7?/m1/s1. The molecule has 1 rings (SSSR count). The Morgan fingerprint density at radius 2 is 1.78 bits per heavy atom. The van der Waals surface area contributed by atoms with E-state index in [-0.39, 0.29) is 0 Å². The van der Waals surface area contributed by atoms with Gasteiger partial charge in [-0.2, -0.15) is 5.10 Å². The first-order chi connectivity index (χ1) is 4.25. The summed E-state index contributed by atoms with van der Waals surface area (Å²) >= 11 is 0. The van der Waals surface area contributed by atoms with Crippen LogP contribution in [-0.4, -0.2) is 23.8 Å². The molecule has 52 valence electrons. The lowest BCUT2D eigenvalue weighted by atomic mass is 10.2. The van der Waals surface area contributed by atoms with Gasteiger partial charge in [-0.1, -0.05) is 0 Å². The van der Waals surface area contributed by atoms with Gasteiger partial charge in [0.25, 0.3) is 0 Å². The maximum Gasteiger partial charge on any atom is 0.0446 e. The Morgan fingerprint density at radius 1 is 1.33 bits per heavy atom. The normalized spacial score (nSPS) is 35.1. The van der Waals surface area contributed by atoms with Crippen LogP contribution in [0, 0.1) is 0 Å². The van der Waals surface area contributed by atoms with Gasteiger partial charge in [-0.05, 0) is 26.7 Å². The Morgan fingerprint density at radius 3 is 2.00 bits per heavy atom. The molecule has 0 spiro atoms. The molecule has 0 N–H and O–H groups in total. The highest BCUT2D eigenvalue weighted by Gasteiger charge is 2.24. The van der Waals surface area contributed by atoms with Crippen molar-refractivity contribution in [2.45, 2.75) is 38.8 Å². The highest BCUT2D eigenvalue weighted by Crippen LogP contribution is 2.22. The molecule has 2 heteroatoms. The first-order valence-corrected chi connectivity index (χ1v) is 3.50. The average molecular weight is 126 g/mol. The van der Waals surface area contributed by atoms with Gasteiger partial charge in [0, 0.05) is 18.8 Å². The maximum atomic E-state index is 3.93. The summed E-state index contributed by atoms with van der Waals surface area (Å²) < 4.78 is 0. The first-order valence-electron chi connectivity index (χ1n) is 3.50. The molecule has 9 heavy (non-hydrogen) atoms. The van der Waals surface area contributed by atoms with Gasteiger partial charge < -0.3 is 0 Å². The van der Waals surface area contributed by atoms with Crippen molar-refractivity contribution in [3.63, 3.8) is 0 Å². The van der Waals surface area contributed by atoms with E-state index in [1.54, 1.807) is 0 Å². The zero-order valence-electron chi connectivity index (χ0n) is 6.17. The van der Waals surface area contributed by atoms with E-state index in [1.165, 1.54) is 12.8 Å². The Hall–Kier alpha value is -0.530. The SMILES string of the molecule is C=NN1C(C)CC[C@H]1C. The van der Waals surface area contributed by atoms with E-state index >= 15 is 0 Å². The van der Waals surface area contributed by atoms with Crippen LogP contribution < -0.4 is 0 Å². The predicted molar refractivity (Wildman–Crippen MR) is 39.5 cm³/mol. The molecule has 0 radical (unpaired) electrons. The summed E-state index contributed by atoms with van der Waals surface area (Å²) in [5, 5.41) is 6.02. The molecule has 2 atom stereocenters. The second-order valence-electron chi connectivity index (χ2n) is 2.80. The Labute approximate surface area is 56.5 Å². The molecule has 1 unspecified atom stereocenters. The van der Waals surface area contributed by atoms with Crippen LogP contribution in [0.15, 0.2) is 5.10 Å². The summed E-state index contributed by atoms with van der Waals surface area (Å²) in [6, 6.07) is 1.22. The van der Waals surface area contributed by atoms with Crippen LogP contribution in [-0.2, 0) is 0 Å². The quantitative estimate of drug-likeness (QED) is 0.486. The molecule has 1 heterocycles. The second kappa shape index (κ2) is 2.38. The van der Waals surface area contributed by atoms with Crippen LogP contribution in [0.4, 0.5) is 0 Å². The van der Waals surface area contributed by atoms with Crippen LogP contribution in [0.3, 0.4) is 0 Å². The van der Waals surface area contributed by atoms with Gasteiger partial charge >= 0.3 is 0 Å². The van der Waals surface area contributed by atoms with Gasteiger partial charge in [0.1, 0.15) is 0 Å². The van der Waals surface area contributed by atoms with Crippen molar-refractivity contribution in [3.8, 4) is 0 Å². The molecule has 0 aromatic rings. The molecule has 1 aliphatic heterocycles. The summed E-state index contributed by atoms with van der Waals surface area (Å²) in [4.78, 5) is 0. The lowest BCUT2D eigenvalue weighted by Gasteiger charge is -2.21. The Kier molecular flexibility index (Phi) is 1.74. The largest absolute Gasteiger partial charge is 0.292 e. The second-order valence-corrected chi connectivity index (χ2v) is 2.80. The van der Waals surface area contributed by atoms with Crippen LogP contribution >= 0.6 is 0 Å². The van der Waals surface area contributed by atoms with Gasteiger partial charge in [0.2, 0.25) is 0 Å². The Balaban J connectivity index is 2.54. The molecule has 1 saturated heterocycles. The number of hydrazone groups is 1. The summed E-state index contributed by atoms with van der Waals surface area (Å²) in [6.45, 7) is 7.90. The lowest BCUT2D eigenvalue weighted by molar-refractivity contribution is 0.227. The zero-order valence-corrected chi connectivity index (χ0v) is 6.17. The van der Waals surface area contributed by atoms with E-state index in [0.29, 0.717) is 12.1 Å². The number of hydrogen-bond donors (Lipinski definition) is 0. The molecule has 0 aromatic heterocycles. The van der Waals surface area contributed by atoms with Gasteiger partial charge in [0.15, 0.2) is 0 Å². The molecule has 0 saturated carbocycles. The summed E-state index contributed by atoms with van der Waals surface area (Å²) in [5.74, 6) is 0. The monoisotopic (exact) mass is 126 g/mol. The van der Waals surface area contributed by atoms with E-state index in [9.17, 15) is 0 Å². The van der Waals surface area contributed by atoms with Gasteiger partial charge in [0.05, 0.1) is 0 Å². The number of nitrogens with zero attached hydrogens (tertiary/aromatic N) is 2. The summed E-state index contributed by atoms with van der Waals surface area (Å²) in [7, 11) is 0. The van der Waals surface area contributed by atoms with Crippen LogP contribution in [0.25, 0.3) is 0 Å². The van der Waals surface area contributed by atoms with Crippen molar-refractivity contribution in [1.82, 2.24) is 5.01 Å². The van der Waals surface area contributed by atoms with E-state index in [1.807, 2.05) is 0 Å². The van der Waals surface area contributed by atoms with Crippen molar-refractivity contribution in [3.05, 3.63) is 0 Å². The highest BCUT2D eigenvalue weighted by molar-refractivity contribution is 5.22. The average Bonchev–Trinajstić information content (AvgIpc) is 2.12. The Bertz CT molecular complexity index is 101. The zero-order chi connectivity index (χ0) is 6.85. The third-order valence-corrected chi connectivity index (χ3v) is 2.07. The van der Waals surface area contributed by atoms with E-state index in [0.717, 1.165) is 0 Å². The van der Waals surface area contributed by atoms with E-state index in [4.69, 9.17) is 0 Å². The van der Waals surface area contributed by atoms with Crippen molar-refractivity contribution >= 4 is 6.72 Å². The maximum absolute atomic E-state index is 3.93. The minimum Gasteiger partial charge on any atom is -0.292 e. The first kappa shape index (κ1) is 6.59. The van der Waals surface area contributed by atoms with Gasteiger partial charge in [-0.3, -0.25) is 5.01 Å². The van der Waals surface area contributed by atoms with Crippen LogP contribution in [0.5, 0.6) is 0 Å². The molecule has 1 fully saturated rings. The van der Waals surface area contributed by atoms with E-state index < -0.39 is 0 Å². The van der Waals surface area contributed by atoms with Gasteiger partial charge in [-0.25, -0.2) is 0 Å². The van der Waals surface area contributed by atoms with Crippen molar-refractivity contribution in [2.24, 2.45) is 5.10 Å². The molecule has 0 aromatic carbocycles. The smallest absolute Gasteiger partial charge is 0.0446 e. The van der Waals surface area contributed by atoms with Crippen molar-refractivity contribution in [1.29, 1.82) is 0 Å². The minimum atomic E-state index is 0.609. The molecule has 2 nitrogen and oxygen atoms in total. The van der Waals surface area contributed by atoms with Crippen molar-refractivity contribution < 1.29 is 0 Å². The number of rotatable bonds is 1. The molecule has 0 aliphatic carbocycles. The summed E-state index contributed by atoms with van der Waals surface area (Å²) in [5.41, 5.74) is 0. The predicted octanol–water partition coefficient (Wildman–Crippen LogP) is 1.47. The number of hydrogen-bond acceptors (Lipinski definition) is 2.